The largest absolute Gasteiger partial charge is 0.481 e. The van der Waals surface area contributed by atoms with Crippen molar-refractivity contribution in [3.05, 3.63) is 48.0 Å². The molecule has 3 N–H and O–H groups in total. The summed E-state index contributed by atoms with van der Waals surface area (Å²) in [6, 6.07) is 11.8. The molecule has 1 atom stereocenters. The van der Waals surface area contributed by atoms with E-state index in [2.05, 4.69) is 5.32 Å². The molecular weight excluding hydrogens is 322 g/mol. The molecule has 25 heavy (non-hydrogen) atoms. The molecule has 0 aliphatic carbocycles. The first-order valence-corrected chi connectivity index (χ1v) is 8.22. The lowest BCUT2D eigenvalue weighted by molar-refractivity contribution is -0.140. The molecule has 0 aliphatic heterocycles. The van der Waals surface area contributed by atoms with E-state index in [-0.39, 0.29) is 12.8 Å². The average Bonchev–Trinajstić information content (AvgIpc) is 2.59. The Hall–Kier alpha value is -2.89. The number of fused-ring (bicyclic) bond motifs is 1. The molecule has 132 valence electrons. The summed E-state index contributed by atoms with van der Waals surface area (Å²) in [4.78, 5) is 34.4. The van der Waals surface area contributed by atoms with Crippen LogP contribution in [0.3, 0.4) is 0 Å². The summed E-state index contributed by atoms with van der Waals surface area (Å²) in [6.45, 7) is 0. The zero-order chi connectivity index (χ0) is 18.2. The van der Waals surface area contributed by atoms with Crippen LogP contribution in [-0.4, -0.2) is 34.1 Å². The summed E-state index contributed by atoms with van der Waals surface area (Å²) in [7, 11) is 0. The maximum Gasteiger partial charge on any atom is 0.326 e. The number of carboxylic acid groups (broad SMARTS) is 2. The van der Waals surface area contributed by atoms with Crippen LogP contribution < -0.4 is 5.32 Å². The fraction of sp³-hybridized carbons (Fsp3) is 0.316. The zero-order valence-electron chi connectivity index (χ0n) is 13.8. The van der Waals surface area contributed by atoms with Gasteiger partial charge in [-0.3, -0.25) is 9.59 Å². The molecule has 1 unspecified atom stereocenters. The number of rotatable bonds is 9. The van der Waals surface area contributed by atoms with Crippen molar-refractivity contribution in [1.82, 2.24) is 5.32 Å². The highest BCUT2D eigenvalue weighted by atomic mass is 16.4. The standard InChI is InChI=1S/C19H21NO5/c21-17(22)12-3-1-2-11-16(19(24)25)20-18(23)15-10-6-8-13-7-4-5-9-14(13)15/h4-10,16H,1-3,11-12H2,(H,20,23)(H,21,22)(H,24,25). The summed E-state index contributed by atoms with van der Waals surface area (Å²) in [5, 5.41) is 22.2. The van der Waals surface area contributed by atoms with Crippen LogP contribution >= 0.6 is 0 Å². The molecule has 2 rings (SSSR count). The Morgan fingerprint density at radius 1 is 0.920 bits per heavy atom. The number of unbranched alkanes of at least 4 members (excludes halogenated alkanes) is 2. The molecule has 2 aromatic rings. The third-order valence-electron chi connectivity index (χ3n) is 4.02. The number of hydrogen-bond donors (Lipinski definition) is 3. The molecular formula is C19H21NO5. The Bertz CT molecular complexity index is 766. The van der Waals surface area contributed by atoms with Gasteiger partial charge in [0.2, 0.25) is 0 Å². The number of carboxylic acids is 2. The van der Waals surface area contributed by atoms with Crippen LogP contribution in [0.1, 0.15) is 42.5 Å². The normalized spacial score (nSPS) is 11.8. The molecule has 0 aliphatic rings. The quantitative estimate of drug-likeness (QED) is 0.607. The van der Waals surface area contributed by atoms with E-state index in [4.69, 9.17) is 5.11 Å². The van der Waals surface area contributed by atoms with Crippen molar-refractivity contribution in [2.24, 2.45) is 0 Å². The third kappa shape index (κ3) is 5.31. The second kappa shape index (κ2) is 8.82. The topological polar surface area (TPSA) is 104 Å². The van der Waals surface area contributed by atoms with Crippen LogP contribution in [0.2, 0.25) is 0 Å². The molecule has 1 amide bonds. The van der Waals surface area contributed by atoms with Crippen molar-refractivity contribution < 1.29 is 24.6 Å². The van der Waals surface area contributed by atoms with E-state index < -0.39 is 23.9 Å². The van der Waals surface area contributed by atoms with Gasteiger partial charge in [-0.15, -0.1) is 0 Å². The SMILES string of the molecule is O=C(O)CCCCCC(NC(=O)c1cccc2ccccc12)C(=O)O. The van der Waals surface area contributed by atoms with Gasteiger partial charge in [-0.1, -0.05) is 49.2 Å². The van der Waals surface area contributed by atoms with E-state index >= 15 is 0 Å². The van der Waals surface area contributed by atoms with Gasteiger partial charge >= 0.3 is 11.9 Å². The maximum atomic E-state index is 12.5. The molecule has 0 saturated carbocycles. The second-order valence-electron chi connectivity index (χ2n) is 5.88. The molecule has 0 saturated heterocycles. The number of carbonyl (C=O) groups is 3. The van der Waals surface area contributed by atoms with Crippen LogP contribution in [0.15, 0.2) is 42.5 Å². The molecule has 0 aromatic heterocycles. The molecule has 2 aromatic carbocycles. The van der Waals surface area contributed by atoms with E-state index in [0.717, 1.165) is 10.8 Å². The van der Waals surface area contributed by atoms with Crippen molar-refractivity contribution in [2.75, 3.05) is 0 Å². The van der Waals surface area contributed by atoms with Gasteiger partial charge in [0.1, 0.15) is 6.04 Å². The smallest absolute Gasteiger partial charge is 0.326 e. The number of aliphatic carboxylic acids is 2. The van der Waals surface area contributed by atoms with Gasteiger partial charge in [0, 0.05) is 12.0 Å². The molecule has 0 fully saturated rings. The van der Waals surface area contributed by atoms with Crippen molar-refractivity contribution in [1.29, 1.82) is 0 Å². The average molecular weight is 343 g/mol. The molecule has 0 radical (unpaired) electrons. The molecule has 0 heterocycles. The lowest BCUT2D eigenvalue weighted by Crippen LogP contribution is -2.40. The van der Waals surface area contributed by atoms with E-state index in [1.54, 1.807) is 12.1 Å². The van der Waals surface area contributed by atoms with Gasteiger partial charge in [-0.2, -0.15) is 0 Å². The Balaban J connectivity index is 2.00. The van der Waals surface area contributed by atoms with Gasteiger partial charge < -0.3 is 15.5 Å². The van der Waals surface area contributed by atoms with Crippen molar-refractivity contribution in [3.63, 3.8) is 0 Å². The number of hydrogen-bond acceptors (Lipinski definition) is 3. The Morgan fingerprint density at radius 3 is 2.36 bits per heavy atom. The number of amides is 1. The highest BCUT2D eigenvalue weighted by Gasteiger charge is 2.21. The van der Waals surface area contributed by atoms with E-state index in [0.29, 0.717) is 24.8 Å². The maximum absolute atomic E-state index is 12.5. The number of benzene rings is 2. The summed E-state index contributed by atoms with van der Waals surface area (Å²) < 4.78 is 0. The molecule has 6 nitrogen and oxygen atoms in total. The lowest BCUT2D eigenvalue weighted by atomic mass is 10.0. The van der Waals surface area contributed by atoms with Crippen LogP contribution in [0, 0.1) is 0 Å². The van der Waals surface area contributed by atoms with Gasteiger partial charge in [0.05, 0.1) is 0 Å². The zero-order valence-corrected chi connectivity index (χ0v) is 13.8. The highest BCUT2D eigenvalue weighted by Crippen LogP contribution is 2.18. The summed E-state index contributed by atoms with van der Waals surface area (Å²) in [6.07, 6.45) is 1.99. The first kappa shape index (κ1) is 18.4. The van der Waals surface area contributed by atoms with Crippen LogP contribution in [0.25, 0.3) is 10.8 Å². The highest BCUT2D eigenvalue weighted by molar-refractivity contribution is 6.07. The van der Waals surface area contributed by atoms with Gasteiger partial charge in [0.25, 0.3) is 5.91 Å². The molecule has 0 spiro atoms. The van der Waals surface area contributed by atoms with Crippen LogP contribution in [-0.2, 0) is 9.59 Å². The minimum atomic E-state index is -1.09. The third-order valence-corrected chi connectivity index (χ3v) is 4.02. The second-order valence-corrected chi connectivity index (χ2v) is 5.88. The Morgan fingerprint density at radius 2 is 1.64 bits per heavy atom. The minimum Gasteiger partial charge on any atom is -0.481 e. The predicted molar refractivity (Wildman–Crippen MR) is 93.6 cm³/mol. The summed E-state index contributed by atoms with van der Waals surface area (Å²) in [5.41, 5.74) is 0.440. The molecule has 6 heteroatoms. The van der Waals surface area contributed by atoms with E-state index in [9.17, 15) is 19.5 Å². The van der Waals surface area contributed by atoms with E-state index in [1.807, 2.05) is 30.3 Å². The first-order valence-electron chi connectivity index (χ1n) is 8.22. The fourth-order valence-electron chi connectivity index (χ4n) is 2.72. The van der Waals surface area contributed by atoms with Gasteiger partial charge in [-0.05, 0) is 29.7 Å². The monoisotopic (exact) mass is 343 g/mol. The summed E-state index contributed by atoms with van der Waals surface area (Å²) in [5.74, 6) is -2.37. The van der Waals surface area contributed by atoms with Gasteiger partial charge in [0.15, 0.2) is 0 Å². The Labute approximate surface area is 145 Å². The first-order chi connectivity index (χ1) is 12.0. The predicted octanol–water partition coefficient (Wildman–Crippen LogP) is 3.06. The lowest BCUT2D eigenvalue weighted by Gasteiger charge is -2.15. The van der Waals surface area contributed by atoms with Gasteiger partial charge in [-0.25, -0.2) is 4.79 Å². The van der Waals surface area contributed by atoms with Crippen molar-refractivity contribution in [3.8, 4) is 0 Å². The van der Waals surface area contributed by atoms with Crippen LogP contribution in [0.4, 0.5) is 0 Å². The Kier molecular flexibility index (Phi) is 6.51. The number of carbonyl (C=O) groups excluding carboxylic acids is 1. The summed E-state index contributed by atoms with van der Waals surface area (Å²) >= 11 is 0. The van der Waals surface area contributed by atoms with E-state index in [1.165, 1.54) is 0 Å². The van der Waals surface area contributed by atoms with Crippen molar-refractivity contribution in [2.45, 2.75) is 38.1 Å². The fourth-order valence-corrected chi connectivity index (χ4v) is 2.72. The minimum absolute atomic E-state index is 0.0695. The van der Waals surface area contributed by atoms with Crippen LogP contribution in [0.5, 0.6) is 0 Å². The number of nitrogens with one attached hydrogen (secondary N) is 1. The van der Waals surface area contributed by atoms with Crippen molar-refractivity contribution >= 4 is 28.6 Å². The molecule has 0 bridgehead atoms.